The van der Waals surface area contributed by atoms with Gasteiger partial charge in [0.2, 0.25) is 23.8 Å². The number of halogens is 2. The minimum Gasteiger partial charge on any atom is -0.378 e. The highest BCUT2D eigenvalue weighted by Crippen LogP contribution is 2.28. The van der Waals surface area contributed by atoms with Crippen molar-refractivity contribution >= 4 is 28.8 Å². The van der Waals surface area contributed by atoms with Crippen LogP contribution in [0, 0.1) is 0 Å². The molecule has 5 rings (SSSR count). The molecule has 1 saturated heterocycles. The highest BCUT2D eigenvalue weighted by molar-refractivity contribution is 5.78. The molecule has 2 aromatic heterocycles. The predicted octanol–water partition coefficient (Wildman–Crippen LogP) is 2.47. The monoisotopic (exact) mass is 516 g/mol. The van der Waals surface area contributed by atoms with Crippen LogP contribution in [0.15, 0.2) is 24.3 Å². The van der Waals surface area contributed by atoms with Crippen LogP contribution in [0.3, 0.4) is 0 Å². The zero-order valence-corrected chi connectivity index (χ0v) is 20.6. The molecule has 1 aliphatic carbocycles. The van der Waals surface area contributed by atoms with Crippen LogP contribution in [0.4, 0.5) is 20.7 Å². The van der Waals surface area contributed by atoms with Gasteiger partial charge in [0.05, 0.1) is 24.2 Å². The van der Waals surface area contributed by atoms with E-state index in [1.54, 1.807) is 24.3 Å². The van der Waals surface area contributed by atoms with Gasteiger partial charge in [0, 0.05) is 32.3 Å². The van der Waals surface area contributed by atoms with E-state index in [1.165, 1.54) is 11.7 Å². The van der Waals surface area contributed by atoms with E-state index in [0.29, 0.717) is 49.2 Å². The Kier molecular flexibility index (Phi) is 7.70. The Morgan fingerprint density at radius 2 is 1.76 bits per heavy atom. The molecular formula is C24H30F2N8O3. The van der Waals surface area contributed by atoms with Crippen LogP contribution in [-0.2, 0) is 14.3 Å². The van der Waals surface area contributed by atoms with Crippen molar-refractivity contribution in [2.45, 2.75) is 44.2 Å². The number of rotatable bonds is 8. The zero-order chi connectivity index (χ0) is 25.8. The molecule has 37 heavy (non-hydrogen) atoms. The average Bonchev–Trinajstić information content (AvgIpc) is 3.31. The van der Waals surface area contributed by atoms with E-state index < -0.39 is 12.2 Å². The summed E-state index contributed by atoms with van der Waals surface area (Å²) in [6, 6.07) is 7.08. The van der Waals surface area contributed by atoms with Crippen LogP contribution in [0.5, 0.6) is 0 Å². The number of benzene rings is 1. The number of imidazole rings is 1. The zero-order valence-electron chi connectivity index (χ0n) is 20.6. The maximum absolute atomic E-state index is 14.0. The first kappa shape index (κ1) is 25.2. The second-order valence-electron chi connectivity index (χ2n) is 9.15. The molecule has 2 aliphatic rings. The molecule has 13 heteroatoms. The number of fused-ring (bicyclic) bond motifs is 1. The third-order valence-electron chi connectivity index (χ3n) is 6.59. The second-order valence-corrected chi connectivity index (χ2v) is 9.15. The number of methoxy groups -OCH3 is 1. The molecule has 1 amide bonds. The number of hydrogen-bond acceptors (Lipinski definition) is 9. The molecule has 0 atom stereocenters. The first-order chi connectivity index (χ1) is 18.0. The van der Waals surface area contributed by atoms with Crippen molar-refractivity contribution in [3.8, 4) is 5.95 Å². The van der Waals surface area contributed by atoms with Crippen molar-refractivity contribution in [1.82, 2.24) is 29.8 Å². The number of nitrogens with one attached hydrogen (secondary N) is 2. The van der Waals surface area contributed by atoms with Gasteiger partial charge in [-0.3, -0.25) is 9.36 Å². The summed E-state index contributed by atoms with van der Waals surface area (Å²) in [6.07, 6.45) is 0.368. The first-order valence-corrected chi connectivity index (χ1v) is 12.4. The number of hydrogen-bond donors (Lipinski definition) is 2. The maximum Gasteiger partial charge on any atom is 0.296 e. The number of nitrogens with zero attached hydrogens (tertiary/aromatic N) is 6. The van der Waals surface area contributed by atoms with Gasteiger partial charge in [-0.2, -0.15) is 15.0 Å². The molecule has 2 fully saturated rings. The summed E-state index contributed by atoms with van der Waals surface area (Å²) in [7, 11) is 1.49. The van der Waals surface area contributed by atoms with Gasteiger partial charge < -0.3 is 25.0 Å². The van der Waals surface area contributed by atoms with E-state index in [0.717, 1.165) is 25.7 Å². The molecule has 0 bridgehead atoms. The summed E-state index contributed by atoms with van der Waals surface area (Å²) in [6.45, 7) is 2.26. The average molecular weight is 517 g/mol. The van der Waals surface area contributed by atoms with Crippen LogP contribution < -0.4 is 15.5 Å². The lowest BCUT2D eigenvalue weighted by atomic mass is 9.91. The number of ether oxygens (including phenoxy) is 2. The lowest BCUT2D eigenvalue weighted by Gasteiger charge is -2.30. The number of alkyl halides is 2. The molecular weight excluding hydrogens is 486 g/mol. The molecule has 11 nitrogen and oxygen atoms in total. The van der Waals surface area contributed by atoms with Gasteiger partial charge >= 0.3 is 0 Å². The Morgan fingerprint density at radius 1 is 1.05 bits per heavy atom. The van der Waals surface area contributed by atoms with E-state index >= 15 is 0 Å². The van der Waals surface area contributed by atoms with Crippen LogP contribution in [0.1, 0.15) is 37.9 Å². The normalized spacial score (nSPS) is 20.4. The predicted molar refractivity (Wildman–Crippen MR) is 132 cm³/mol. The Bertz CT molecular complexity index is 1230. The van der Waals surface area contributed by atoms with Crippen LogP contribution in [-0.4, -0.2) is 82.5 Å². The fourth-order valence-corrected chi connectivity index (χ4v) is 4.79. The number of amides is 1. The quantitative estimate of drug-likeness (QED) is 0.465. The number of carbonyl (C=O) groups is 1. The standard InChI is InChI=1S/C24H30F2N8O3/c1-36-14-19(35)27-15-6-8-16(9-7-15)28-22-30-23(33-10-12-37-13-11-33)32-24(31-22)34-18-5-3-2-4-17(18)29-21(34)20(25)26/h2-5,15-16,20H,6-14H2,1H3,(H,27,35)(H,28,30,31,32). The maximum atomic E-state index is 14.0. The summed E-state index contributed by atoms with van der Waals surface area (Å²) < 4.78 is 39.7. The van der Waals surface area contributed by atoms with Crippen molar-refractivity contribution in [2.75, 3.05) is 50.2 Å². The van der Waals surface area contributed by atoms with Crippen molar-refractivity contribution in [3.63, 3.8) is 0 Å². The molecule has 1 saturated carbocycles. The second kappa shape index (κ2) is 11.3. The first-order valence-electron chi connectivity index (χ1n) is 12.4. The molecule has 1 aliphatic heterocycles. The number of carbonyl (C=O) groups excluding carboxylic acids is 1. The minimum absolute atomic E-state index is 0.0413. The van der Waals surface area contributed by atoms with Crippen LogP contribution in [0.2, 0.25) is 0 Å². The lowest BCUT2D eigenvalue weighted by molar-refractivity contribution is -0.125. The van der Waals surface area contributed by atoms with Crippen molar-refractivity contribution in [1.29, 1.82) is 0 Å². The van der Waals surface area contributed by atoms with Gasteiger partial charge in [0.25, 0.3) is 6.43 Å². The van der Waals surface area contributed by atoms with E-state index in [2.05, 4.69) is 30.6 Å². The van der Waals surface area contributed by atoms with Crippen molar-refractivity contribution in [2.24, 2.45) is 0 Å². The highest BCUT2D eigenvalue weighted by atomic mass is 19.3. The van der Waals surface area contributed by atoms with Gasteiger partial charge in [-0.1, -0.05) is 12.1 Å². The molecule has 3 aromatic rings. The summed E-state index contributed by atoms with van der Waals surface area (Å²) in [4.78, 5) is 31.7. The Morgan fingerprint density at radius 3 is 2.49 bits per heavy atom. The highest BCUT2D eigenvalue weighted by Gasteiger charge is 2.26. The molecule has 2 N–H and O–H groups in total. The Hall–Kier alpha value is -3.45. The molecule has 0 radical (unpaired) electrons. The Labute approximate surface area is 212 Å². The van der Waals surface area contributed by atoms with Gasteiger partial charge in [-0.15, -0.1) is 0 Å². The summed E-state index contributed by atoms with van der Waals surface area (Å²) in [5.41, 5.74) is 0.935. The number of morpholine rings is 1. The van der Waals surface area contributed by atoms with Crippen LogP contribution in [0.25, 0.3) is 17.0 Å². The number of aromatic nitrogens is 5. The summed E-state index contributed by atoms with van der Waals surface area (Å²) in [5, 5.41) is 6.36. The van der Waals surface area contributed by atoms with Gasteiger partial charge in [0.1, 0.15) is 6.61 Å². The van der Waals surface area contributed by atoms with Crippen LogP contribution >= 0.6 is 0 Å². The summed E-state index contributed by atoms with van der Waals surface area (Å²) in [5.74, 6) is 0.256. The van der Waals surface area contributed by atoms with Crippen molar-refractivity contribution < 1.29 is 23.0 Å². The topological polar surface area (TPSA) is 119 Å². The summed E-state index contributed by atoms with van der Waals surface area (Å²) >= 11 is 0. The smallest absolute Gasteiger partial charge is 0.296 e. The van der Waals surface area contributed by atoms with E-state index in [4.69, 9.17) is 9.47 Å². The molecule has 3 heterocycles. The van der Waals surface area contributed by atoms with E-state index in [9.17, 15) is 13.6 Å². The van der Waals surface area contributed by atoms with E-state index in [1.807, 2.05) is 4.90 Å². The fraction of sp³-hybridized carbons (Fsp3) is 0.542. The third-order valence-corrected chi connectivity index (χ3v) is 6.59. The molecule has 198 valence electrons. The third kappa shape index (κ3) is 5.77. The number of anilines is 2. The van der Waals surface area contributed by atoms with Gasteiger partial charge in [-0.25, -0.2) is 13.8 Å². The fourth-order valence-electron chi connectivity index (χ4n) is 4.79. The molecule has 0 spiro atoms. The SMILES string of the molecule is COCC(=O)NC1CCC(Nc2nc(N3CCOCC3)nc(-n3c(C(F)F)nc4ccccc43)n2)CC1. The number of para-hydroxylation sites is 2. The molecule has 0 unspecified atom stereocenters. The largest absolute Gasteiger partial charge is 0.378 e. The Balaban J connectivity index is 1.43. The molecule has 1 aromatic carbocycles. The van der Waals surface area contributed by atoms with E-state index in [-0.39, 0.29) is 30.5 Å². The van der Waals surface area contributed by atoms with Gasteiger partial charge in [0.15, 0.2) is 5.82 Å². The van der Waals surface area contributed by atoms with Crippen molar-refractivity contribution in [3.05, 3.63) is 30.1 Å². The lowest BCUT2D eigenvalue weighted by Crippen LogP contribution is -2.41. The minimum atomic E-state index is -2.81. The van der Waals surface area contributed by atoms with Gasteiger partial charge in [-0.05, 0) is 37.8 Å².